The number of fused-ring (bicyclic) bond motifs is 4. The van der Waals surface area contributed by atoms with Crippen molar-refractivity contribution in [2.75, 3.05) is 13.7 Å². The molecular formula is C34H34FN7O3. The molecule has 0 radical (unpaired) electrons. The summed E-state index contributed by atoms with van der Waals surface area (Å²) < 4.78 is 24.2. The standard InChI is InChI=1S/C34H34FN7O3/c1-40-30-25(12-21(14-28(30)45-2)34(44)42-16-20-7-10-26(42)29(20)36)39-33(40)27-13-19-6-9-24(38-32(19)41(27)15-17-3-4-17)18-5-8-23(35)22(11-18)31(37)43/h5-6,8-9,11-14,17,20,26,29H,3-4,7,10,15-16,36H2,1-2H3,(H2,37,43). The topological polar surface area (TPSA) is 134 Å². The lowest BCUT2D eigenvalue weighted by atomic mass is 10.1. The molecule has 10 nitrogen and oxygen atoms in total. The van der Waals surface area contributed by atoms with Crippen LogP contribution in [0.1, 0.15) is 46.4 Å². The molecule has 0 spiro atoms. The third-order valence-corrected chi connectivity index (χ3v) is 9.95. The maximum atomic E-state index is 14.2. The minimum Gasteiger partial charge on any atom is -0.494 e. The van der Waals surface area contributed by atoms with Crippen molar-refractivity contribution in [3.63, 3.8) is 0 Å². The molecule has 4 N–H and O–H groups in total. The first-order valence-corrected chi connectivity index (χ1v) is 15.4. The number of hydrogen-bond donors (Lipinski definition) is 2. The van der Waals surface area contributed by atoms with Crippen molar-refractivity contribution in [2.45, 2.75) is 44.3 Å². The monoisotopic (exact) mass is 607 g/mol. The Morgan fingerprint density at radius 2 is 1.87 bits per heavy atom. The fraction of sp³-hybridized carbons (Fsp3) is 0.353. The van der Waals surface area contributed by atoms with E-state index in [4.69, 9.17) is 26.2 Å². The summed E-state index contributed by atoms with van der Waals surface area (Å²) in [5.41, 5.74) is 16.5. The third kappa shape index (κ3) is 4.40. The Balaban J connectivity index is 1.24. The van der Waals surface area contributed by atoms with Crippen LogP contribution in [0.2, 0.25) is 0 Å². The van der Waals surface area contributed by atoms with Crippen molar-refractivity contribution >= 4 is 33.9 Å². The molecule has 8 rings (SSSR count). The van der Waals surface area contributed by atoms with Crippen LogP contribution >= 0.6 is 0 Å². The number of likely N-dealkylation sites (tertiary alicyclic amines) is 1. The van der Waals surface area contributed by atoms with Gasteiger partial charge in [-0.05, 0) is 86.1 Å². The largest absolute Gasteiger partial charge is 0.494 e. The molecule has 11 heteroatoms. The molecule has 2 amide bonds. The van der Waals surface area contributed by atoms with Crippen molar-refractivity contribution in [1.29, 1.82) is 0 Å². The Labute approximate surface area is 258 Å². The van der Waals surface area contributed by atoms with E-state index in [0.717, 1.165) is 60.3 Å². The van der Waals surface area contributed by atoms with Gasteiger partial charge >= 0.3 is 0 Å². The number of hydrogen-bond acceptors (Lipinski definition) is 6. The number of benzene rings is 2. The van der Waals surface area contributed by atoms with E-state index in [1.165, 1.54) is 12.1 Å². The minimum absolute atomic E-state index is 0.0371. The summed E-state index contributed by atoms with van der Waals surface area (Å²) in [6.07, 6.45) is 4.30. The van der Waals surface area contributed by atoms with E-state index in [2.05, 4.69) is 10.6 Å². The summed E-state index contributed by atoms with van der Waals surface area (Å²) in [6, 6.07) is 14.0. The van der Waals surface area contributed by atoms with Gasteiger partial charge in [0.15, 0.2) is 5.82 Å². The fourth-order valence-corrected chi connectivity index (χ4v) is 7.36. The predicted octanol–water partition coefficient (Wildman–Crippen LogP) is 4.48. The van der Waals surface area contributed by atoms with Crippen molar-refractivity contribution in [1.82, 2.24) is 24.0 Å². The second-order valence-electron chi connectivity index (χ2n) is 12.7. The van der Waals surface area contributed by atoms with Crippen LogP contribution in [0.5, 0.6) is 5.75 Å². The molecule has 3 fully saturated rings. The van der Waals surface area contributed by atoms with Gasteiger partial charge < -0.3 is 30.2 Å². The van der Waals surface area contributed by atoms with Crippen LogP contribution in [0.25, 0.3) is 44.8 Å². The van der Waals surface area contributed by atoms with Crippen LogP contribution in [0.15, 0.2) is 48.5 Å². The highest BCUT2D eigenvalue weighted by Crippen LogP contribution is 2.40. The van der Waals surface area contributed by atoms with Crippen molar-refractivity contribution in [3.05, 3.63) is 65.5 Å². The number of primary amides is 1. The Morgan fingerprint density at radius 3 is 2.56 bits per heavy atom. The number of ether oxygens (including phenoxy) is 1. The number of halogens is 1. The molecule has 1 saturated heterocycles. The van der Waals surface area contributed by atoms with Gasteiger partial charge in [0.25, 0.3) is 11.8 Å². The molecule has 45 heavy (non-hydrogen) atoms. The second-order valence-corrected chi connectivity index (χ2v) is 12.7. The molecule has 230 valence electrons. The molecule has 2 aliphatic carbocycles. The lowest BCUT2D eigenvalue weighted by Crippen LogP contribution is -2.41. The average molecular weight is 608 g/mol. The number of methoxy groups -OCH3 is 1. The van der Waals surface area contributed by atoms with Gasteiger partial charge in [0, 0.05) is 48.7 Å². The number of rotatable bonds is 7. The van der Waals surface area contributed by atoms with Crippen LogP contribution in [-0.4, -0.2) is 61.6 Å². The van der Waals surface area contributed by atoms with E-state index in [-0.39, 0.29) is 23.6 Å². The molecule has 3 aliphatic rings. The first kappa shape index (κ1) is 27.8. The van der Waals surface area contributed by atoms with Crippen molar-refractivity contribution in [3.8, 4) is 28.5 Å². The summed E-state index contributed by atoms with van der Waals surface area (Å²) in [5.74, 6) is 0.684. The van der Waals surface area contributed by atoms with Crippen molar-refractivity contribution in [2.24, 2.45) is 30.4 Å². The van der Waals surface area contributed by atoms with E-state index in [1.54, 1.807) is 13.2 Å². The highest BCUT2D eigenvalue weighted by molar-refractivity contribution is 6.00. The number of nitrogens with zero attached hydrogens (tertiary/aromatic N) is 5. The van der Waals surface area contributed by atoms with E-state index >= 15 is 0 Å². The second kappa shape index (κ2) is 10.1. The molecule has 3 unspecified atom stereocenters. The van der Waals surface area contributed by atoms with Crippen LogP contribution in [0, 0.1) is 17.7 Å². The number of carbonyl (C=O) groups is 2. The highest BCUT2D eigenvalue weighted by atomic mass is 19.1. The maximum Gasteiger partial charge on any atom is 0.254 e. The first-order chi connectivity index (χ1) is 21.7. The summed E-state index contributed by atoms with van der Waals surface area (Å²) in [5, 5.41) is 0.932. The Morgan fingerprint density at radius 1 is 1.04 bits per heavy atom. The van der Waals surface area contributed by atoms with Gasteiger partial charge in [0.2, 0.25) is 0 Å². The van der Waals surface area contributed by atoms with Crippen LogP contribution in [0.4, 0.5) is 4.39 Å². The number of aryl methyl sites for hydroxylation is 1. The Kier molecular flexibility index (Phi) is 6.25. The van der Waals surface area contributed by atoms with E-state index < -0.39 is 11.7 Å². The fourth-order valence-electron chi connectivity index (χ4n) is 7.36. The molecule has 2 saturated carbocycles. The number of piperidine rings is 1. The Bertz CT molecular complexity index is 2040. The predicted molar refractivity (Wildman–Crippen MR) is 168 cm³/mol. The molecule has 3 atom stereocenters. The first-order valence-electron chi connectivity index (χ1n) is 15.4. The minimum atomic E-state index is -0.826. The number of pyridine rings is 1. The SMILES string of the molecule is COc1cc(C(=O)N2CC3CCC2C3N)cc2nc(-c3cc4ccc(-c5ccc(F)c(C(N)=O)c5)nc4n3CC3CC3)n(C)c12. The molecule has 3 aromatic heterocycles. The quantitative estimate of drug-likeness (QED) is 0.280. The normalized spacial score (nSPS) is 20.9. The molecule has 1 aliphatic heterocycles. The number of imidazole rings is 1. The van der Waals surface area contributed by atoms with Gasteiger partial charge in [-0.3, -0.25) is 9.59 Å². The van der Waals surface area contributed by atoms with Gasteiger partial charge in [-0.15, -0.1) is 0 Å². The summed E-state index contributed by atoms with van der Waals surface area (Å²) in [7, 11) is 3.56. The number of aromatic nitrogens is 4. The maximum absolute atomic E-state index is 14.2. The number of carbonyl (C=O) groups excluding carboxylic acids is 2. The summed E-state index contributed by atoms with van der Waals surface area (Å²) >= 11 is 0. The van der Waals surface area contributed by atoms with E-state index in [1.807, 2.05) is 40.8 Å². The third-order valence-electron chi connectivity index (χ3n) is 9.95. The molecular weight excluding hydrogens is 573 g/mol. The van der Waals surface area contributed by atoms with Gasteiger partial charge in [-0.25, -0.2) is 14.4 Å². The number of amides is 2. The summed E-state index contributed by atoms with van der Waals surface area (Å²) in [4.78, 5) is 37.5. The van der Waals surface area contributed by atoms with E-state index in [9.17, 15) is 14.0 Å². The van der Waals surface area contributed by atoms with Gasteiger partial charge in [0.05, 0.1) is 29.6 Å². The Hall–Kier alpha value is -4.77. The smallest absolute Gasteiger partial charge is 0.254 e. The highest BCUT2D eigenvalue weighted by Gasteiger charge is 2.47. The molecule has 2 bridgehead atoms. The summed E-state index contributed by atoms with van der Waals surface area (Å²) in [6.45, 7) is 1.46. The zero-order valence-electron chi connectivity index (χ0n) is 25.2. The van der Waals surface area contributed by atoms with Crippen LogP contribution < -0.4 is 16.2 Å². The van der Waals surface area contributed by atoms with Crippen molar-refractivity contribution < 1.29 is 18.7 Å². The van der Waals surface area contributed by atoms with Crippen LogP contribution in [0.3, 0.4) is 0 Å². The van der Waals surface area contributed by atoms with Crippen LogP contribution in [-0.2, 0) is 13.6 Å². The lowest BCUT2D eigenvalue weighted by Gasteiger charge is -2.27. The molecule has 2 aromatic carbocycles. The zero-order valence-corrected chi connectivity index (χ0v) is 25.2. The zero-order chi connectivity index (χ0) is 31.1. The van der Waals surface area contributed by atoms with Gasteiger partial charge in [-0.2, -0.15) is 0 Å². The average Bonchev–Trinajstić information content (AvgIpc) is 3.44. The number of nitrogens with two attached hydrogens (primary N) is 2. The lowest BCUT2D eigenvalue weighted by molar-refractivity contribution is 0.0700. The molecule has 4 heterocycles. The van der Waals surface area contributed by atoms with E-state index in [0.29, 0.717) is 46.5 Å². The van der Waals surface area contributed by atoms with Gasteiger partial charge in [-0.1, -0.05) is 0 Å². The van der Waals surface area contributed by atoms with Gasteiger partial charge in [0.1, 0.15) is 22.7 Å². The molecule has 5 aromatic rings.